The average molecular weight is 116 g/mol. The van der Waals surface area contributed by atoms with Crippen LogP contribution in [-0.2, 0) is 0 Å². The minimum absolute atomic E-state index is 0.0602. The van der Waals surface area contributed by atoms with Gasteiger partial charge in [0.15, 0.2) is 0 Å². The largest absolute Gasteiger partial charge is 0.395 e. The molecular formula is C5H12N2O. The van der Waals surface area contributed by atoms with Gasteiger partial charge in [0.2, 0.25) is 0 Å². The number of nitriles is 1. The highest BCUT2D eigenvalue weighted by atomic mass is 16.3. The van der Waals surface area contributed by atoms with Crippen molar-refractivity contribution < 1.29 is 5.11 Å². The van der Waals surface area contributed by atoms with E-state index in [-0.39, 0.29) is 12.6 Å². The van der Waals surface area contributed by atoms with Gasteiger partial charge in [0.1, 0.15) is 0 Å². The third-order valence-electron chi connectivity index (χ3n) is 0.288. The lowest BCUT2D eigenvalue weighted by Crippen LogP contribution is -2.18. The van der Waals surface area contributed by atoms with Crippen LogP contribution in [0.2, 0.25) is 0 Å². The standard InChI is InChI=1S/C3H9NO.C2H3N/c1-3(4)2-5;1-2-3/h3,5H,2,4H2,1H3;1H3. The molecule has 0 aliphatic rings. The van der Waals surface area contributed by atoms with Gasteiger partial charge in [-0.25, -0.2) is 0 Å². The molecular weight excluding hydrogens is 104 g/mol. The molecule has 0 bridgehead atoms. The summed E-state index contributed by atoms with van der Waals surface area (Å²) >= 11 is 0. The van der Waals surface area contributed by atoms with E-state index in [0.29, 0.717) is 0 Å². The first-order valence-electron chi connectivity index (χ1n) is 2.36. The molecule has 0 amide bonds. The van der Waals surface area contributed by atoms with E-state index in [9.17, 15) is 0 Å². The van der Waals surface area contributed by atoms with Gasteiger partial charge in [-0.2, -0.15) is 5.26 Å². The van der Waals surface area contributed by atoms with E-state index in [4.69, 9.17) is 16.1 Å². The number of aliphatic hydroxyl groups is 1. The van der Waals surface area contributed by atoms with Crippen LogP contribution in [0.5, 0.6) is 0 Å². The maximum absolute atomic E-state index is 8.02. The van der Waals surface area contributed by atoms with Gasteiger partial charge in [0.05, 0.1) is 12.7 Å². The molecule has 1 unspecified atom stereocenters. The molecule has 48 valence electrons. The van der Waals surface area contributed by atoms with Gasteiger partial charge >= 0.3 is 0 Å². The first-order valence-corrected chi connectivity index (χ1v) is 2.36. The number of nitrogens with two attached hydrogens (primary N) is 1. The van der Waals surface area contributed by atoms with Gasteiger partial charge < -0.3 is 10.8 Å². The highest BCUT2D eigenvalue weighted by molar-refractivity contribution is 4.51. The van der Waals surface area contributed by atoms with Crippen molar-refractivity contribution in [2.45, 2.75) is 19.9 Å². The van der Waals surface area contributed by atoms with Crippen LogP contribution < -0.4 is 5.73 Å². The molecule has 0 aromatic carbocycles. The summed E-state index contributed by atoms with van der Waals surface area (Å²) in [4.78, 5) is 0. The molecule has 0 saturated carbocycles. The Bertz CT molecular complexity index is 65.3. The van der Waals surface area contributed by atoms with Crippen LogP contribution in [0.3, 0.4) is 0 Å². The Balaban J connectivity index is 0. The Labute approximate surface area is 49.7 Å². The van der Waals surface area contributed by atoms with E-state index in [2.05, 4.69) is 0 Å². The number of rotatable bonds is 1. The van der Waals surface area contributed by atoms with Crippen molar-refractivity contribution in [2.24, 2.45) is 5.73 Å². The van der Waals surface area contributed by atoms with E-state index < -0.39 is 0 Å². The van der Waals surface area contributed by atoms with E-state index in [1.54, 1.807) is 13.0 Å². The van der Waals surface area contributed by atoms with Crippen molar-refractivity contribution in [2.75, 3.05) is 6.61 Å². The first kappa shape index (κ1) is 10.4. The zero-order valence-corrected chi connectivity index (χ0v) is 5.26. The van der Waals surface area contributed by atoms with Crippen LogP contribution in [-0.4, -0.2) is 17.8 Å². The molecule has 0 aliphatic heterocycles. The molecule has 8 heavy (non-hydrogen) atoms. The Morgan fingerprint density at radius 3 is 2.00 bits per heavy atom. The lowest BCUT2D eigenvalue weighted by atomic mass is 10.4. The van der Waals surface area contributed by atoms with Crippen LogP contribution in [0, 0.1) is 11.3 Å². The predicted octanol–water partition coefficient (Wildman–Crippen LogP) is -0.144. The molecule has 0 rings (SSSR count). The normalized spacial score (nSPS) is 10.4. The lowest BCUT2D eigenvalue weighted by molar-refractivity contribution is 0.273. The van der Waals surface area contributed by atoms with E-state index in [1.165, 1.54) is 6.92 Å². The molecule has 0 radical (unpaired) electrons. The molecule has 0 heterocycles. The van der Waals surface area contributed by atoms with Gasteiger partial charge in [-0.05, 0) is 6.92 Å². The topological polar surface area (TPSA) is 70.0 Å². The van der Waals surface area contributed by atoms with Crippen LogP contribution in [0.25, 0.3) is 0 Å². The van der Waals surface area contributed by atoms with Gasteiger partial charge in [-0.1, -0.05) is 0 Å². The predicted molar refractivity (Wildman–Crippen MR) is 32.0 cm³/mol. The van der Waals surface area contributed by atoms with Gasteiger partial charge in [-0.3, -0.25) is 0 Å². The van der Waals surface area contributed by atoms with Crippen LogP contribution in [0.15, 0.2) is 0 Å². The third kappa shape index (κ3) is 52.9. The molecule has 3 heteroatoms. The molecule has 3 N–H and O–H groups in total. The molecule has 1 atom stereocenters. The van der Waals surface area contributed by atoms with Gasteiger partial charge in [0.25, 0.3) is 0 Å². The first-order chi connectivity index (χ1) is 3.68. The smallest absolute Gasteiger partial charge is 0.0587 e. The highest BCUT2D eigenvalue weighted by Gasteiger charge is 1.81. The molecule has 0 aromatic heterocycles. The van der Waals surface area contributed by atoms with Crippen LogP contribution in [0.1, 0.15) is 13.8 Å². The van der Waals surface area contributed by atoms with Crippen molar-refractivity contribution in [3.05, 3.63) is 0 Å². The fraction of sp³-hybridized carbons (Fsp3) is 0.800. The van der Waals surface area contributed by atoms with E-state index >= 15 is 0 Å². The van der Waals surface area contributed by atoms with Crippen molar-refractivity contribution in [3.8, 4) is 6.07 Å². The maximum atomic E-state index is 8.02. The van der Waals surface area contributed by atoms with Crippen molar-refractivity contribution in [1.82, 2.24) is 0 Å². The summed E-state index contributed by atoms with van der Waals surface area (Å²) in [5, 5.41) is 15.3. The van der Waals surface area contributed by atoms with Crippen molar-refractivity contribution in [3.63, 3.8) is 0 Å². The molecule has 3 nitrogen and oxygen atoms in total. The lowest BCUT2D eigenvalue weighted by Gasteiger charge is -1.91. The quantitative estimate of drug-likeness (QED) is 0.500. The summed E-state index contributed by atoms with van der Waals surface area (Å²) in [5.41, 5.74) is 5.04. The second kappa shape index (κ2) is 9.65. The Hall–Kier alpha value is -0.590. The number of aliphatic hydroxyl groups excluding tert-OH is 1. The summed E-state index contributed by atoms with van der Waals surface area (Å²) in [6.07, 6.45) is 0. The fourth-order valence-electron chi connectivity index (χ4n) is 0. The number of nitrogens with zero attached hydrogens (tertiary/aromatic N) is 1. The molecule has 0 aliphatic carbocycles. The van der Waals surface area contributed by atoms with Crippen molar-refractivity contribution >= 4 is 0 Å². The van der Waals surface area contributed by atoms with Crippen LogP contribution in [0.4, 0.5) is 0 Å². The molecule has 0 saturated heterocycles. The Morgan fingerprint density at radius 1 is 1.88 bits per heavy atom. The second-order valence-electron chi connectivity index (χ2n) is 1.38. The minimum atomic E-state index is -0.0602. The summed E-state index contributed by atoms with van der Waals surface area (Å²) < 4.78 is 0. The van der Waals surface area contributed by atoms with Crippen LogP contribution >= 0.6 is 0 Å². The van der Waals surface area contributed by atoms with Gasteiger partial charge in [-0.15, -0.1) is 0 Å². The Kier molecular flexibility index (Phi) is 12.5. The molecule has 0 spiro atoms. The highest BCUT2D eigenvalue weighted by Crippen LogP contribution is 1.62. The summed E-state index contributed by atoms with van der Waals surface area (Å²) in [7, 11) is 0. The number of hydrogen-bond acceptors (Lipinski definition) is 3. The monoisotopic (exact) mass is 116 g/mol. The minimum Gasteiger partial charge on any atom is -0.395 e. The average Bonchev–Trinajstić information content (AvgIpc) is 1.69. The maximum Gasteiger partial charge on any atom is 0.0587 e. The zero-order valence-electron chi connectivity index (χ0n) is 5.26. The zero-order chi connectivity index (χ0) is 6.99. The fourth-order valence-corrected chi connectivity index (χ4v) is 0. The van der Waals surface area contributed by atoms with E-state index in [1.807, 2.05) is 0 Å². The Morgan fingerprint density at radius 2 is 2.00 bits per heavy atom. The van der Waals surface area contributed by atoms with E-state index in [0.717, 1.165) is 0 Å². The number of hydrogen-bond donors (Lipinski definition) is 2. The second-order valence-corrected chi connectivity index (χ2v) is 1.38. The summed E-state index contributed by atoms with van der Waals surface area (Å²) in [6, 6.07) is 1.69. The molecule has 0 fully saturated rings. The molecule has 0 aromatic rings. The van der Waals surface area contributed by atoms with Gasteiger partial charge in [0, 0.05) is 13.0 Å². The summed E-state index contributed by atoms with van der Waals surface area (Å²) in [6.45, 7) is 3.26. The van der Waals surface area contributed by atoms with Crippen molar-refractivity contribution in [1.29, 1.82) is 5.26 Å². The third-order valence-corrected chi connectivity index (χ3v) is 0.288. The SMILES string of the molecule is CC#N.CC(N)CO. The summed E-state index contributed by atoms with van der Waals surface area (Å²) in [5.74, 6) is 0.